The van der Waals surface area contributed by atoms with E-state index in [0.717, 1.165) is 26.1 Å². The van der Waals surface area contributed by atoms with Crippen molar-refractivity contribution in [2.45, 2.75) is 51.8 Å². The van der Waals surface area contributed by atoms with E-state index in [2.05, 4.69) is 22.0 Å². The maximum Gasteiger partial charge on any atom is 0.325 e. The van der Waals surface area contributed by atoms with Gasteiger partial charge in [-0.25, -0.2) is 4.79 Å². The van der Waals surface area contributed by atoms with E-state index in [4.69, 9.17) is 0 Å². The number of imide groups is 1. The second-order valence-electron chi connectivity index (χ2n) is 7.22. The van der Waals surface area contributed by atoms with Gasteiger partial charge in [0, 0.05) is 45.3 Å². The molecule has 2 N–H and O–H groups in total. The third kappa shape index (κ3) is 4.22. The maximum absolute atomic E-state index is 12.2. The number of β-amino-alcohol motifs (C(OH)–C–C–N with tert-alkyl or cyclic N) is 1. The number of carbonyl (C=O) groups excluding carboxylic acids is 2. The molecule has 3 amide bonds. The Kier molecular flexibility index (Phi) is 5.65. The molecule has 132 valence electrons. The van der Waals surface area contributed by atoms with E-state index >= 15 is 0 Å². The van der Waals surface area contributed by atoms with Crippen molar-refractivity contribution in [3.63, 3.8) is 0 Å². The van der Waals surface area contributed by atoms with Gasteiger partial charge in [-0.1, -0.05) is 6.92 Å². The van der Waals surface area contributed by atoms with Gasteiger partial charge in [-0.15, -0.1) is 0 Å². The van der Waals surface area contributed by atoms with Crippen molar-refractivity contribution in [2.24, 2.45) is 0 Å². The van der Waals surface area contributed by atoms with Crippen molar-refractivity contribution in [3.8, 4) is 0 Å². The molecule has 0 aromatic carbocycles. The van der Waals surface area contributed by atoms with Crippen LogP contribution in [0.2, 0.25) is 0 Å². The van der Waals surface area contributed by atoms with Crippen LogP contribution in [0.5, 0.6) is 0 Å². The predicted molar refractivity (Wildman–Crippen MR) is 88.1 cm³/mol. The number of hydrogen-bond donors (Lipinski definition) is 2. The Morgan fingerprint density at radius 2 is 2.00 bits per heavy atom. The molecule has 2 aliphatic heterocycles. The van der Waals surface area contributed by atoms with Crippen molar-refractivity contribution >= 4 is 11.9 Å². The van der Waals surface area contributed by atoms with E-state index < -0.39 is 5.54 Å². The van der Waals surface area contributed by atoms with Crippen molar-refractivity contribution in [1.29, 1.82) is 0 Å². The van der Waals surface area contributed by atoms with Gasteiger partial charge >= 0.3 is 6.03 Å². The second kappa shape index (κ2) is 7.15. The van der Waals surface area contributed by atoms with E-state index in [1.54, 1.807) is 13.8 Å². The molecule has 0 aromatic rings. The lowest BCUT2D eigenvalue weighted by molar-refractivity contribution is -0.130. The SMILES string of the molecule is CCC1CN(CCN2C(=O)NC(C)(C)C2=O)CCN1CC(C)O. The summed E-state index contributed by atoms with van der Waals surface area (Å²) in [6, 6.07) is 0.123. The number of aliphatic hydroxyl groups excluding tert-OH is 1. The molecule has 7 nitrogen and oxygen atoms in total. The van der Waals surface area contributed by atoms with Gasteiger partial charge in [-0.2, -0.15) is 0 Å². The Morgan fingerprint density at radius 3 is 2.52 bits per heavy atom. The largest absolute Gasteiger partial charge is 0.392 e. The van der Waals surface area contributed by atoms with Crippen LogP contribution in [0.15, 0.2) is 0 Å². The molecule has 23 heavy (non-hydrogen) atoms. The van der Waals surface area contributed by atoms with Crippen LogP contribution in [0.1, 0.15) is 34.1 Å². The van der Waals surface area contributed by atoms with Gasteiger partial charge in [-0.05, 0) is 27.2 Å². The van der Waals surface area contributed by atoms with Crippen molar-refractivity contribution < 1.29 is 14.7 Å². The molecular formula is C16H30N4O3. The molecule has 0 radical (unpaired) electrons. The summed E-state index contributed by atoms with van der Waals surface area (Å²) in [5.74, 6) is -0.151. The topological polar surface area (TPSA) is 76.1 Å². The number of amides is 3. The third-order valence-corrected chi connectivity index (χ3v) is 4.74. The zero-order valence-electron chi connectivity index (χ0n) is 14.7. The van der Waals surface area contributed by atoms with Gasteiger partial charge in [0.25, 0.3) is 5.91 Å². The Labute approximate surface area is 138 Å². The molecule has 2 heterocycles. The first-order valence-corrected chi connectivity index (χ1v) is 8.53. The lowest BCUT2D eigenvalue weighted by Crippen LogP contribution is -2.55. The zero-order valence-corrected chi connectivity index (χ0v) is 14.7. The first kappa shape index (κ1) is 18.2. The monoisotopic (exact) mass is 326 g/mol. The summed E-state index contributed by atoms with van der Waals surface area (Å²) in [5, 5.41) is 12.3. The normalized spacial score (nSPS) is 27.3. The van der Waals surface area contributed by atoms with E-state index in [0.29, 0.717) is 25.7 Å². The average Bonchev–Trinajstić information content (AvgIpc) is 2.66. The highest BCUT2D eigenvalue weighted by atomic mass is 16.3. The molecule has 2 atom stereocenters. The molecule has 2 fully saturated rings. The summed E-state index contributed by atoms with van der Waals surface area (Å²) in [7, 11) is 0. The maximum atomic E-state index is 12.2. The Balaban J connectivity index is 1.86. The molecule has 0 bridgehead atoms. The van der Waals surface area contributed by atoms with Crippen LogP contribution in [0, 0.1) is 0 Å². The van der Waals surface area contributed by atoms with Crippen LogP contribution in [-0.4, -0.2) is 88.7 Å². The van der Waals surface area contributed by atoms with Crippen molar-refractivity contribution in [3.05, 3.63) is 0 Å². The summed E-state index contributed by atoms with van der Waals surface area (Å²) in [6.45, 7) is 12.0. The fourth-order valence-electron chi connectivity index (χ4n) is 3.39. The molecule has 2 saturated heterocycles. The van der Waals surface area contributed by atoms with E-state index in [1.165, 1.54) is 4.90 Å². The predicted octanol–water partition coefficient (Wildman–Crippen LogP) is 0.0938. The fourth-order valence-corrected chi connectivity index (χ4v) is 3.39. The lowest BCUT2D eigenvalue weighted by atomic mass is 10.1. The van der Waals surface area contributed by atoms with Crippen LogP contribution in [0.3, 0.4) is 0 Å². The number of rotatable bonds is 6. The Hall–Kier alpha value is -1.18. The molecule has 2 unspecified atom stereocenters. The minimum atomic E-state index is -0.793. The Morgan fingerprint density at radius 1 is 1.30 bits per heavy atom. The fraction of sp³-hybridized carbons (Fsp3) is 0.875. The van der Waals surface area contributed by atoms with Crippen LogP contribution < -0.4 is 5.32 Å². The van der Waals surface area contributed by atoms with Crippen molar-refractivity contribution in [2.75, 3.05) is 39.3 Å². The zero-order chi connectivity index (χ0) is 17.2. The molecule has 7 heteroatoms. The van der Waals surface area contributed by atoms with Crippen LogP contribution in [0.4, 0.5) is 4.79 Å². The van der Waals surface area contributed by atoms with Gasteiger partial charge in [0.1, 0.15) is 5.54 Å². The summed E-state index contributed by atoms with van der Waals surface area (Å²) >= 11 is 0. The van der Waals surface area contributed by atoms with Crippen LogP contribution in [0.25, 0.3) is 0 Å². The number of hydrogen-bond acceptors (Lipinski definition) is 5. The minimum absolute atomic E-state index is 0.151. The lowest BCUT2D eigenvalue weighted by Gasteiger charge is -2.42. The standard InChI is InChI=1S/C16H30N4O3/c1-5-13-11-18(6-8-19(13)10-12(2)21)7-9-20-14(22)16(3,4)17-15(20)23/h12-13,21H,5-11H2,1-4H3,(H,17,23). The first-order chi connectivity index (χ1) is 10.7. The van der Waals surface area contributed by atoms with E-state index in [-0.39, 0.29) is 18.0 Å². The van der Waals surface area contributed by atoms with Gasteiger partial charge in [0.2, 0.25) is 0 Å². The number of aliphatic hydroxyl groups is 1. The smallest absolute Gasteiger partial charge is 0.325 e. The minimum Gasteiger partial charge on any atom is -0.392 e. The van der Waals surface area contributed by atoms with Crippen molar-refractivity contribution in [1.82, 2.24) is 20.0 Å². The highest BCUT2D eigenvalue weighted by molar-refractivity contribution is 6.06. The highest BCUT2D eigenvalue weighted by Crippen LogP contribution is 2.17. The highest BCUT2D eigenvalue weighted by Gasteiger charge is 2.44. The van der Waals surface area contributed by atoms with Gasteiger partial charge < -0.3 is 10.4 Å². The van der Waals surface area contributed by atoms with Gasteiger partial charge in [-0.3, -0.25) is 19.5 Å². The molecule has 2 rings (SSSR count). The van der Waals surface area contributed by atoms with E-state index in [1.807, 2.05) is 6.92 Å². The van der Waals surface area contributed by atoms with Crippen LogP contribution in [-0.2, 0) is 4.79 Å². The Bertz CT molecular complexity index is 453. The number of piperazine rings is 1. The first-order valence-electron chi connectivity index (χ1n) is 8.53. The molecular weight excluding hydrogens is 296 g/mol. The van der Waals surface area contributed by atoms with Gasteiger partial charge in [0.05, 0.1) is 6.10 Å². The number of nitrogens with zero attached hydrogens (tertiary/aromatic N) is 3. The van der Waals surface area contributed by atoms with Crippen LogP contribution >= 0.6 is 0 Å². The summed E-state index contributed by atoms with van der Waals surface area (Å²) in [5.41, 5.74) is -0.793. The summed E-state index contributed by atoms with van der Waals surface area (Å²) in [6.07, 6.45) is 0.711. The molecule has 2 aliphatic rings. The summed E-state index contributed by atoms with van der Waals surface area (Å²) in [4.78, 5) is 30.1. The molecule has 0 saturated carbocycles. The second-order valence-corrected chi connectivity index (χ2v) is 7.22. The molecule has 0 spiro atoms. The van der Waals surface area contributed by atoms with Gasteiger partial charge in [0.15, 0.2) is 0 Å². The van der Waals surface area contributed by atoms with E-state index in [9.17, 15) is 14.7 Å². The summed E-state index contributed by atoms with van der Waals surface area (Å²) < 4.78 is 0. The average molecular weight is 326 g/mol. The molecule has 0 aromatic heterocycles. The molecule has 0 aliphatic carbocycles. The third-order valence-electron chi connectivity index (χ3n) is 4.74. The number of carbonyl (C=O) groups is 2. The quantitative estimate of drug-likeness (QED) is 0.677. The number of nitrogens with one attached hydrogen (secondary N) is 1. The number of urea groups is 1.